The first-order chi connectivity index (χ1) is 14.8. The highest BCUT2D eigenvalue weighted by atomic mass is 32.3. The van der Waals surface area contributed by atoms with Gasteiger partial charge in [-0.3, -0.25) is 4.18 Å². The molecule has 0 aliphatic heterocycles. The largest absolute Gasteiger partial charge is 0.726 e. The van der Waals surface area contributed by atoms with Crippen LogP contribution in [-0.4, -0.2) is 20.1 Å². The van der Waals surface area contributed by atoms with Crippen LogP contribution < -0.4 is 9.72 Å². The molecule has 0 spiro atoms. The minimum atomic E-state index is -4.75. The van der Waals surface area contributed by atoms with Gasteiger partial charge < -0.3 is 9.29 Å². The van der Waals surface area contributed by atoms with E-state index in [2.05, 4.69) is 11.9 Å². The number of hydrogen-bond acceptors (Lipinski definition) is 5. The van der Waals surface area contributed by atoms with Gasteiger partial charge in [-0.25, -0.2) is 13.4 Å². The SMILES string of the molecule is COc1ccc2c(c1)C(OS(=O)(=O)[O-])C[C@@H]1[C@@H]2CC[C@]2(C)CCC[C@@H]12.c1cc[nH+]cc1. The van der Waals surface area contributed by atoms with E-state index in [-0.39, 0.29) is 0 Å². The summed E-state index contributed by atoms with van der Waals surface area (Å²) < 4.78 is 44.2. The van der Waals surface area contributed by atoms with Crippen molar-refractivity contribution in [3.8, 4) is 5.75 Å². The summed E-state index contributed by atoms with van der Waals surface area (Å²) in [5.74, 6) is 2.05. The van der Waals surface area contributed by atoms with Crippen LogP contribution in [0, 0.1) is 17.3 Å². The third-order valence-electron chi connectivity index (χ3n) is 7.59. The Morgan fingerprint density at radius 1 is 1.10 bits per heavy atom. The maximum atomic E-state index is 11.3. The Balaban J connectivity index is 0.000000334. The first-order valence-corrected chi connectivity index (χ1v) is 12.4. The fourth-order valence-electron chi connectivity index (χ4n) is 6.24. The highest BCUT2D eigenvalue weighted by Gasteiger charge is 2.52. The molecular weight excluding hydrogens is 414 g/mol. The second-order valence-corrected chi connectivity index (χ2v) is 10.3. The molecule has 3 aliphatic rings. The van der Waals surface area contributed by atoms with Crippen LogP contribution in [-0.2, 0) is 14.6 Å². The van der Waals surface area contributed by atoms with E-state index in [9.17, 15) is 13.0 Å². The van der Waals surface area contributed by atoms with Gasteiger partial charge in [0, 0.05) is 12.1 Å². The molecule has 1 unspecified atom stereocenters. The van der Waals surface area contributed by atoms with E-state index in [1.807, 2.05) is 48.8 Å². The number of nitrogens with one attached hydrogen (secondary N) is 1. The summed E-state index contributed by atoms with van der Waals surface area (Å²) in [5, 5.41) is 0. The number of benzene rings is 1. The lowest BCUT2D eigenvalue weighted by Crippen LogP contribution is -2.41. The zero-order valence-electron chi connectivity index (χ0n) is 18.1. The summed E-state index contributed by atoms with van der Waals surface area (Å²) in [6.07, 6.45) is 9.68. The lowest BCUT2D eigenvalue weighted by atomic mass is 9.55. The van der Waals surface area contributed by atoms with Crippen molar-refractivity contribution < 1.29 is 26.9 Å². The summed E-state index contributed by atoms with van der Waals surface area (Å²) in [6.45, 7) is 2.38. The average Bonchev–Trinajstić information content (AvgIpc) is 3.16. The average molecular weight is 446 g/mol. The summed E-state index contributed by atoms with van der Waals surface area (Å²) in [7, 11) is -3.17. The number of aromatic amines is 1. The van der Waals surface area contributed by atoms with E-state index in [4.69, 9.17) is 8.92 Å². The van der Waals surface area contributed by atoms with Gasteiger partial charge in [0.05, 0.1) is 7.11 Å². The molecule has 1 aromatic carbocycles. The van der Waals surface area contributed by atoms with Crippen LogP contribution in [0.15, 0.2) is 48.8 Å². The zero-order valence-corrected chi connectivity index (χ0v) is 18.9. The molecule has 1 heterocycles. The Kier molecular flexibility index (Phi) is 6.37. The lowest BCUT2D eigenvalue weighted by molar-refractivity contribution is -0.377. The normalized spacial score (nSPS) is 31.5. The van der Waals surface area contributed by atoms with E-state index in [0.717, 1.165) is 17.5 Å². The molecule has 1 N–H and O–H groups in total. The number of ether oxygens (including phenoxy) is 1. The number of aromatic nitrogens is 1. The molecule has 2 fully saturated rings. The Bertz CT molecular complexity index is 970. The number of pyridine rings is 1. The Labute approximate surface area is 185 Å². The van der Waals surface area contributed by atoms with Crippen molar-refractivity contribution in [3.63, 3.8) is 0 Å². The Morgan fingerprint density at radius 3 is 2.48 bits per heavy atom. The maximum Gasteiger partial charge on any atom is 0.218 e. The number of H-pyrrole nitrogens is 1. The summed E-state index contributed by atoms with van der Waals surface area (Å²) >= 11 is 0. The van der Waals surface area contributed by atoms with Gasteiger partial charge in [-0.2, -0.15) is 0 Å². The van der Waals surface area contributed by atoms with E-state index in [1.54, 1.807) is 7.11 Å². The zero-order chi connectivity index (χ0) is 22.1. The second-order valence-electron chi connectivity index (χ2n) is 9.26. The van der Waals surface area contributed by atoms with Gasteiger partial charge >= 0.3 is 0 Å². The van der Waals surface area contributed by atoms with E-state index in [0.29, 0.717) is 35.3 Å². The molecule has 0 saturated heterocycles. The summed E-state index contributed by atoms with van der Waals surface area (Å²) in [4.78, 5) is 2.89. The number of hydrogen-bond donors (Lipinski definition) is 0. The molecular formula is C24H31NO5S. The third kappa shape index (κ3) is 4.78. The van der Waals surface area contributed by atoms with Crippen molar-refractivity contribution in [1.29, 1.82) is 0 Å². The van der Waals surface area contributed by atoms with E-state index in [1.165, 1.54) is 25.7 Å². The van der Waals surface area contributed by atoms with Crippen molar-refractivity contribution in [2.45, 2.75) is 57.5 Å². The smallest absolute Gasteiger partial charge is 0.218 e. The molecule has 31 heavy (non-hydrogen) atoms. The van der Waals surface area contributed by atoms with Gasteiger partial charge in [0.15, 0.2) is 12.4 Å². The molecule has 5 atom stereocenters. The fraction of sp³-hybridized carbons (Fsp3) is 0.542. The van der Waals surface area contributed by atoms with Gasteiger partial charge in [0.2, 0.25) is 10.4 Å². The van der Waals surface area contributed by atoms with Gasteiger partial charge in [-0.05, 0) is 78.5 Å². The predicted molar refractivity (Wildman–Crippen MR) is 115 cm³/mol. The second kappa shape index (κ2) is 8.88. The number of fused-ring (bicyclic) bond motifs is 5. The minimum absolute atomic E-state index is 0.353. The van der Waals surface area contributed by atoms with Crippen LogP contribution in [0.2, 0.25) is 0 Å². The maximum absolute atomic E-state index is 11.3. The van der Waals surface area contributed by atoms with Crippen LogP contribution in [0.5, 0.6) is 5.75 Å². The van der Waals surface area contributed by atoms with Crippen LogP contribution in [0.3, 0.4) is 0 Å². The fourth-order valence-corrected chi connectivity index (χ4v) is 6.71. The molecule has 3 aliphatic carbocycles. The first-order valence-electron chi connectivity index (χ1n) is 11.0. The molecule has 1 aromatic heterocycles. The Hall–Kier alpha value is -1.96. The highest BCUT2D eigenvalue weighted by Crippen LogP contribution is 2.62. The van der Waals surface area contributed by atoms with Crippen LogP contribution in [0.1, 0.15) is 68.6 Å². The van der Waals surface area contributed by atoms with Crippen molar-refractivity contribution in [1.82, 2.24) is 0 Å². The number of rotatable bonds is 3. The van der Waals surface area contributed by atoms with Gasteiger partial charge in [0.25, 0.3) is 0 Å². The van der Waals surface area contributed by atoms with E-state index < -0.39 is 16.5 Å². The van der Waals surface area contributed by atoms with Gasteiger partial charge in [-0.1, -0.05) is 25.5 Å². The lowest BCUT2D eigenvalue weighted by Gasteiger charge is -2.50. The first kappa shape index (κ1) is 22.2. The monoisotopic (exact) mass is 445 g/mol. The molecule has 0 bridgehead atoms. The molecule has 168 valence electrons. The Morgan fingerprint density at radius 2 is 1.87 bits per heavy atom. The van der Waals surface area contributed by atoms with Crippen LogP contribution in [0.4, 0.5) is 0 Å². The molecule has 0 amide bonds. The molecule has 5 rings (SSSR count). The molecule has 2 saturated carbocycles. The highest BCUT2D eigenvalue weighted by molar-refractivity contribution is 7.80. The topological polar surface area (TPSA) is 89.8 Å². The molecule has 0 radical (unpaired) electrons. The van der Waals surface area contributed by atoms with Crippen LogP contribution in [0.25, 0.3) is 0 Å². The standard InChI is InChI=1S/C19H26O5S.C5H5N/c1-19-8-3-4-17(19)15-11-18(24-25(20,21)22)16-10-12(23-2)5-6-13(16)14(15)7-9-19;1-2-4-6-5-3-1/h5-6,10,14-15,17-18H,3-4,7-9,11H2,1-2H3,(H,20,21,22);1-5H/t14-,15-,17+,18?,19+;/m1./s1. The minimum Gasteiger partial charge on any atom is -0.726 e. The molecule has 6 nitrogen and oxygen atoms in total. The predicted octanol–water partition coefficient (Wildman–Crippen LogP) is 4.42. The summed E-state index contributed by atoms with van der Waals surface area (Å²) in [5.41, 5.74) is 2.30. The van der Waals surface area contributed by atoms with Gasteiger partial charge in [0.1, 0.15) is 11.9 Å². The quantitative estimate of drug-likeness (QED) is 0.515. The molecule has 2 aromatic rings. The summed E-state index contributed by atoms with van der Waals surface area (Å²) in [6, 6.07) is 11.7. The van der Waals surface area contributed by atoms with Gasteiger partial charge in [-0.15, -0.1) is 0 Å². The van der Waals surface area contributed by atoms with Crippen LogP contribution >= 0.6 is 0 Å². The van der Waals surface area contributed by atoms with E-state index >= 15 is 0 Å². The number of methoxy groups -OCH3 is 1. The van der Waals surface area contributed by atoms with Crippen molar-refractivity contribution in [2.24, 2.45) is 17.3 Å². The van der Waals surface area contributed by atoms with Crippen molar-refractivity contribution >= 4 is 10.4 Å². The molecule has 7 heteroatoms. The van der Waals surface area contributed by atoms with Crippen molar-refractivity contribution in [2.75, 3.05) is 7.11 Å². The van der Waals surface area contributed by atoms with Crippen molar-refractivity contribution in [3.05, 3.63) is 59.9 Å². The third-order valence-corrected chi connectivity index (χ3v) is 8.05.